The normalized spacial score (nSPS) is 10.9. The van der Waals surface area contributed by atoms with Crippen LogP contribution in [-0.2, 0) is 5.88 Å². The van der Waals surface area contributed by atoms with Gasteiger partial charge >= 0.3 is 0 Å². The molecule has 1 aromatic carbocycles. The Labute approximate surface area is 97.4 Å². The Hall–Kier alpha value is 0.280. The summed E-state index contributed by atoms with van der Waals surface area (Å²) in [4.78, 5) is 0. The molecular formula is C10H11BrCl2. The number of benzene rings is 1. The van der Waals surface area contributed by atoms with Crippen LogP contribution >= 0.6 is 39.1 Å². The van der Waals surface area contributed by atoms with Gasteiger partial charge in [0.05, 0.1) is 0 Å². The lowest BCUT2D eigenvalue weighted by Crippen LogP contribution is -1.93. The van der Waals surface area contributed by atoms with E-state index in [-0.39, 0.29) is 0 Å². The Bertz CT molecular complexity index is 308. The van der Waals surface area contributed by atoms with Gasteiger partial charge in [-0.2, -0.15) is 0 Å². The lowest BCUT2D eigenvalue weighted by atomic mass is 10.0. The lowest BCUT2D eigenvalue weighted by molar-refractivity contribution is 0.863. The molecule has 0 radical (unpaired) electrons. The average molecular weight is 282 g/mol. The number of hydrogen-bond donors (Lipinski definition) is 0. The van der Waals surface area contributed by atoms with E-state index in [4.69, 9.17) is 23.2 Å². The molecule has 3 heteroatoms. The van der Waals surface area contributed by atoms with Crippen LogP contribution in [0.5, 0.6) is 0 Å². The van der Waals surface area contributed by atoms with E-state index in [9.17, 15) is 0 Å². The van der Waals surface area contributed by atoms with Crippen molar-refractivity contribution in [2.24, 2.45) is 0 Å². The zero-order chi connectivity index (χ0) is 10.0. The van der Waals surface area contributed by atoms with Crippen LogP contribution in [-0.4, -0.2) is 0 Å². The van der Waals surface area contributed by atoms with Crippen LogP contribution in [0.15, 0.2) is 16.6 Å². The van der Waals surface area contributed by atoms with Gasteiger partial charge in [0.25, 0.3) is 0 Å². The molecule has 0 bridgehead atoms. The average Bonchev–Trinajstić information content (AvgIpc) is 2.08. The molecule has 0 atom stereocenters. The van der Waals surface area contributed by atoms with Crippen molar-refractivity contribution in [2.75, 3.05) is 0 Å². The number of hydrogen-bond acceptors (Lipinski definition) is 0. The van der Waals surface area contributed by atoms with E-state index >= 15 is 0 Å². The number of alkyl halides is 1. The predicted molar refractivity (Wildman–Crippen MR) is 62.8 cm³/mol. The van der Waals surface area contributed by atoms with E-state index in [1.54, 1.807) is 0 Å². The molecule has 0 spiro atoms. The van der Waals surface area contributed by atoms with Crippen molar-refractivity contribution in [3.63, 3.8) is 0 Å². The molecule has 0 aromatic heterocycles. The molecule has 0 saturated carbocycles. The topological polar surface area (TPSA) is 0 Å². The first-order valence-electron chi connectivity index (χ1n) is 4.10. The first-order chi connectivity index (χ1) is 6.06. The van der Waals surface area contributed by atoms with Crippen LogP contribution in [0.3, 0.4) is 0 Å². The second-order valence-corrected chi connectivity index (χ2v) is 4.82. The van der Waals surface area contributed by atoms with Crippen molar-refractivity contribution < 1.29 is 0 Å². The van der Waals surface area contributed by atoms with E-state index in [0.717, 1.165) is 20.6 Å². The summed E-state index contributed by atoms with van der Waals surface area (Å²) in [6, 6.07) is 4.00. The van der Waals surface area contributed by atoms with Crippen LogP contribution in [0.1, 0.15) is 30.9 Å². The minimum atomic E-state index is 0.423. The molecular weight excluding hydrogens is 271 g/mol. The van der Waals surface area contributed by atoms with Gasteiger partial charge in [-0.15, -0.1) is 11.6 Å². The van der Waals surface area contributed by atoms with Gasteiger partial charge in [-0.05, 0) is 29.2 Å². The van der Waals surface area contributed by atoms with Gasteiger partial charge in [-0.3, -0.25) is 0 Å². The fourth-order valence-electron chi connectivity index (χ4n) is 1.19. The summed E-state index contributed by atoms with van der Waals surface area (Å²) in [5.74, 6) is 0.879. The quantitative estimate of drug-likeness (QED) is 0.672. The van der Waals surface area contributed by atoms with Gasteiger partial charge in [-0.25, -0.2) is 0 Å². The van der Waals surface area contributed by atoms with Crippen LogP contribution in [0.2, 0.25) is 5.02 Å². The lowest BCUT2D eigenvalue weighted by Gasteiger charge is -2.11. The minimum Gasteiger partial charge on any atom is -0.121 e. The van der Waals surface area contributed by atoms with Crippen molar-refractivity contribution >= 4 is 39.1 Å². The van der Waals surface area contributed by atoms with Crippen molar-refractivity contribution in [1.82, 2.24) is 0 Å². The Balaban J connectivity index is 3.27. The van der Waals surface area contributed by atoms with Crippen LogP contribution in [0.25, 0.3) is 0 Å². The van der Waals surface area contributed by atoms with Gasteiger partial charge in [0.1, 0.15) is 0 Å². The van der Waals surface area contributed by atoms with Gasteiger partial charge < -0.3 is 0 Å². The fourth-order valence-corrected chi connectivity index (χ4v) is 2.38. The van der Waals surface area contributed by atoms with Crippen LogP contribution in [0.4, 0.5) is 0 Å². The molecule has 0 fully saturated rings. The molecule has 0 amide bonds. The monoisotopic (exact) mass is 280 g/mol. The predicted octanol–water partition coefficient (Wildman–Crippen LogP) is 4.96. The first kappa shape index (κ1) is 11.4. The van der Waals surface area contributed by atoms with Gasteiger partial charge in [-0.1, -0.05) is 41.4 Å². The molecule has 0 N–H and O–H groups in total. The standard InChI is InChI=1S/C10H11BrCl2/c1-6(2)9-4-8(11)3-7(5-12)10(9)13/h3-4,6H,5H2,1-2H3. The van der Waals surface area contributed by atoms with Crippen molar-refractivity contribution in [1.29, 1.82) is 0 Å². The van der Waals surface area contributed by atoms with Crippen molar-refractivity contribution in [3.05, 3.63) is 32.8 Å². The Kier molecular flexibility index (Phi) is 4.08. The molecule has 0 nitrogen and oxygen atoms in total. The number of halogens is 3. The van der Waals surface area contributed by atoms with E-state index in [1.165, 1.54) is 0 Å². The van der Waals surface area contributed by atoms with Gasteiger partial charge in [0, 0.05) is 15.4 Å². The smallest absolute Gasteiger partial charge is 0.0489 e. The molecule has 0 saturated heterocycles. The zero-order valence-corrected chi connectivity index (χ0v) is 10.7. The summed E-state index contributed by atoms with van der Waals surface area (Å²) in [6.45, 7) is 4.23. The third-order valence-corrected chi connectivity index (χ3v) is 3.11. The van der Waals surface area contributed by atoms with E-state index in [0.29, 0.717) is 11.8 Å². The molecule has 13 heavy (non-hydrogen) atoms. The zero-order valence-electron chi connectivity index (χ0n) is 7.57. The highest BCUT2D eigenvalue weighted by molar-refractivity contribution is 9.10. The maximum absolute atomic E-state index is 6.17. The van der Waals surface area contributed by atoms with E-state index in [2.05, 4.69) is 29.8 Å². The summed E-state index contributed by atoms with van der Waals surface area (Å²) in [5, 5.41) is 0.799. The largest absolute Gasteiger partial charge is 0.121 e. The van der Waals surface area contributed by atoms with Crippen LogP contribution in [0, 0.1) is 0 Å². The highest BCUT2D eigenvalue weighted by atomic mass is 79.9. The third-order valence-electron chi connectivity index (χ3n) is 1.91. The van der Waals surface area contributed by atoms with Crippen molar-refractivity contribution in [2.45, 2.75) is 25.6 Å². The summed E-state index contributed by atoms with van der Waals surface area (Å²) < 4.78 is 1.04. The third kappa shape index (κ3) is 2.61. The molecule has 0 aliphatic heterocycles. The SMILES string of the molecule is CC(C)c1cc(Br)cc(CCl)c1Cl. The summed E-state index contributed by atoms with van der Waals surface area (Å²) in [6.07, 6.45) is 0. The Morgan fingerprint density at radius 2 is 2.00 bits per heavy atom. The first-order valence-corrected chi connectivity index (χ1v) is 5.80. The molecule has 72 valence electrons. The van der Waals surface area contributed by atoms with Gasteiger partial charge in [0.15, 0.2) is 0 Å². The highest BCUT2D eigenvalue weighted by Gasteiger charge is 2.10. The minimum absolute atomic E-state index is 0.423. The molecule has 0 heterocycles. The molecule has 1 rings (SSSR count). The van der Waals surface area contributed by atoms with Crippen LogP contribution < -0.4 is 0 Å². The van der Waals surface area contributed by atoms with E-state index in [1.807, 2.05) is 12.1 Å². The van der Waals surface area contributed by atoms with Crippen molar-refractivity contribution in [3.8, 4) is 0 Å². The second kappa shape index (κ2) is 4.68. The maximum Gasteiger partial charge on any atom is 0.0489 e. The number of rotatable bonds is 2. The summed E-state index contributed by atoms with van der Waals surface area (Å²) >= 11 is 15.4. The highest BCUT2D eigenvalue weighted by Crippen LogP contribution is 2.31. The molecule has 0 aliphatic carbocycles. The fraction of sp³-hybridized carbons (Fsp3) is 0.400. The van der Waals surface area contributed by atoms with Gasteiger partial charge in [0.2, 0.25) is 0 Å². The maximum atomic E-state index is 6.17. The summed E-state index contributed by atoms with van der Waals surface area (Å²) in [5.41, 5.74) is 2.13. The summed E-state index contributed by atoms with van der Waals surface area (Å²) in [7, 11) is 0. The Morgan fingerprint density at radius 1 is 1.38 bits per heavy atom. The van der Waals surface area contributed by atoms with E-state index < -0.39 is 0 Å². The molecule has 0 aliphatic rings. The molecule has 0 unspecified atom stereocenters. The molecule has 1 aromatic rings. The Morgan fingerprint density at radius 3 is 2.46 bits per heavy atom. The second-order valence-electron chi connectivity index (χ2n) is 3.26.